The lowest BCUT2D eigenvalue weighted by Crippen LogP contribution is -2.38. The number of hydrogen-bond donors (Lipinski definition) is 0. The normalized spacial score (nSPS) is 33.3. The van der Waals surface area contributed by atoms with Gasteiger partial charge in [0.1, 0.15) is 6.10 Å². The van der Waals surface area contributed by atoms with Gasteiger partial charge in [0.2, 0.25) is 0 Å². The fraction of sp³-hybridized carbons (Fsp3) is 0.500. The van der Waals surface area contributed by atoms with Crippen LogP contribution in [-0.4, -0.2) is 12.1 Å². The summed E-state index contributed by atoms with van der Waals surface area (Å²) in [6.45, 7) is 3.99. The van der Waals surface area contributed by atoms with Crippen molar-refractivity contribution in [1.82, 2.24) is 0 Å². The average molecular weight is 375 g/mol. The van der Waals surface area contributed by atoms with Gasteiger partial charge in [0.25, 0.3) is 0 Å². The van der Waals surface area contributed by atoms with Crippen LogP contribution in [0.5, 0.6) is 0 Å². The Morgan fingerprint density at radius 2 is 1.86 bits per heavy atom. The number of rotatable bonds is 2. The summed E-state index contributed by atoms with van der Waals surface area (Å²) in [6, 6.07) is 5.99. The number of carbonyl (C=O) groups is 1. The van der Waals surface area contributed by atoms with E-state index >= 15 is 0 Å². The molecule has 5 unspecified atom stereocenters. The van der Waals surface area contributed by atoms with Crippen molar-refractivity contribution in [3.8, 4) is 0 Å². The molecule has 0 radical (unpaired) electrons. The molecule has 4 aliphatic rings. The Bertz CT molecular complexity index is 867. The van der Waals surface area contributed by atoms with E-state index in [0.717, 1.165) is 41.4 Å². The topological polar surface area (TPSA) is 26.3 Å². The molecule has 5 rings (SSSR count). The van der Waals surface area contributed by atoms with Gasteiger partial charge < -0.3 is 4.74 Å². The molecule has 1 aromatic carbocycles. The van der Waals surface area contributed by atoms with Gasteiger partial charge in [0, 0.05) is 6.42 Å². The molecule has 0 aromatic heterocycles. The molecule has 1 aromatic rings. The molecular weight excluding hydrogens is 344 g/mol. The van der Waals surface area contributed by atoms with E-state index in [1.54, 1.807) is 11.1 Å². The highest BCUT2D eigenvalue weighted by atomic mass is 16.5. The lowest BCUT2D eigenvalue weighted by Gasteiger charge is -2.47. The second kappa shape index (κ2) is 7.06. The number of benzene rings is 1. The van der Waals surface area contributed by atoms with Gasteiger partial charge in [-0.3, -0.25) is 0 Å². The Kier molecular flexibility index (Phi) is 4.53. The van der Waals surface area contributed by atoms with Crippen molar-refractivity contribution < 1.29 is 9.53 Å². The summed E-state index contributed by atoms with van der Waals surface area (Å²) < 4.78 is 5.99. The lowest BCUT2D eigenvalue weighted by molar-refractivity contribution is 0.0183. The smallest absolute Gasteiger partial charge is 0.338 e. The average Bonchev–Trinajstić information content (AvgIpc) is 3.16. The quantitative estimate of drug-likeness (QED) is 0.462. The number of esters is 1. The zero-order valence-electron chi connectivity index (χ0n) is 17.0. The van der Waals surface area contributed by atoms with Crippen molar-refractivity contribution in [3.63, 3.8) is 0 Å². The highest BCUT2D eigenvalue weighted by Gasteiger charge is 2.43. The van der Waals surface area contributed by atoms with Crippen LogP contribution in [0.25, 0.3) is 0 Å². The predicted octanol–water partition coefficient (Wildman–Crippen LogP) is 6.10. The van der Waals surface area contributed by atoms with Crippen LogP contribution in [0, 0.1) is 37.5 Å². The largest absolute Gasteiger partial charge is 0.458 e. The fourth-order valence-corrected chi connectivity index (χ4v) is 6.33. The summed E-state index contributed by atoms with van der Waals surface area (Å²) in [5.74, 6) is 2.83. The number of aryl methyl sites for hydroxylation is 2. The van der Waals surface area contributed by atoms with Crippen LogP contribution in [0.3, 0.4) is 0 Å². The third-order valence-corrected chi connectivity index (χ3v) is 7.67. The molecule has 0 N–H and O–H groups in total. The maximum Gasteiger partial charge on any atom is 0.338 e. The van der Waals surface area contributed by atoms with Crippen molar-refractivity contribution in [1.29, 1.82) is 0 Å². The van der Waals surface area contributed by atoms with Crippen LogP contribution in [-0.2, 0) is 4.74 Å². The minimum absolute atomic E-state index is 0.0363. The molecule has 0 aliphatic heterocycles. The van der Waals surface area contributed by atoms with Crippen molar-refractivity contribution in [3.05, 3.63) is 70.3 Å². The molecule has 146 valence electrons. The molecule has 0 saturated heterocycles. The van der Waals surface area contributed by atoms with E-state index in [1.807, 2.05) is 32.0 Å². The van der Waals surface area contributed by atoms with Gasteiger partial charge in [0.05, 0.1) is 5.56 Å². The molecule has 4 aliphatic carbocycles. The van der Waals surface area contributed by atoms with Crippen LogP contribution >= 0.6 is 0 Å². The number of allylic oxidation sites excluding steroid dienone is 5. The van der Waals surface area contributed by atoms with Gasteiger partial charge in [-0.1, -0.05) is 53.6 Å². The SMILES string of the molecule is Cc1cccc(C)c1C(=O)OC1CCC2C(=CCC3C4=CC=CC4CCC23)C1. The monoisotopic (exact) mass is 374 g/mol. The first-order valence-corrected chi connectivity index (χ1v) is 11.0. The molecule has 0 amide bonds. The first-order chi connectivity index (χ1) is 13.6. The fourth-order valence-electron chi connectivity index (χ4n) is 6.33. The Morgan fingerprint density at radius 3 is 2.68 bits per heavy atom. The molecule has 2 fully saturated rings. The minimum Gasteiger partial charge on any atom is -0.458 e. The van der Waals surface area contributed by atoms with Crippen molar-refractivity contribution in [2.75, 3.05) is 0 Å². The van der Waals surface area contributed by atoms with Gasteiger partial charge in [-0.2, -0.15) is 0 Å². The highest BCUT2D eigenvalue weighted by Crippen LogP contribution is 2.53. The molecule has 0 spiro atoms. The molecule has 0 bridgehead atoms. The summed E-state index contributed by atoms with van der Waals surface area (Å²) in [4.78, 5) is 12.8. The third kappa shape index (κ3) is 2.98. The Morgan fingerprint density at radius 1 is 1.04 bits per heavy atom. The van der Waals surface area contributed by atoms with Gasteiger partial charge in [-0.25, -0.2) is 4.79 Å². The van der Waals surface area contributed by atoms with Gasteiger partial charge in [-0.05, 0) is 80.8 Å². The van der Waals surface area contributed by atoms with E-state index in [1.165, 1.54) is 25.7 Å². The molecule has 28 heavy (non-hydrogen) atoms. The van der Waals surface area contributed by atoms with Crippen LogP contribution in [0.15, 0.2) is 53.6 Å². The lowest BCUT2D eigenvalue weighted by atomic mass is 9.59. The number of carbonyl (C=O) groups excluding carboxylic acids is 1. The molecule has 5 atom stereocenters. The summed E-state index contributed by atoms with van der Waals surface area (Å²) in [5, 5.41) is 0. The molecular formula is C26H30O2. The van der Waals surface area contributed by atoms with E-state index in [-0.39, 0.29) is 12.1 Å². The maximum atomic E-state index is 12.8. The number of ether oxygens (including phenoxy) is 1. The van der Waals surface area contributed by atoms with Crippen molar-refractivity contribution in [2.24, 2.45) is 23.7 Å². The summed E-state index contributed by atoms with van der Waals surface area (Å²) in [7, 11) is 0. The number of fused-ring (bicyclic) bond motifs is 5. The third-order valence-electron chi connectivity index (χ3n) is 7.67. The molecule has 2 saturated carbocycles. The van der Waals surface area contributed by atoms with Gasteiger partial charge >= 0.3 is 5.97 Å². The van der Waals surface area contributed by atoms with Gasteiger partial charge in [0.15, 0.2) is 0 Å². The standard InChI is InChI=1S/C26H30O2/c1-16-5-3-6-17(2)25(16)26(27)28-20-11-14-22-19(15-20)10-13-23-21-8-4-7-18(21)9-12-24(22)23/h3-8,10,18,20,22-24H,9,11-15H2,1-2H3. The van der Waals surface area contributed by atoms with Crippen LogP contribution in [0.4, 0.5) is 0 Å². The first kappa shape index (κ1) is 18.0. The van der Waals surface area contributed by atoms with E-state index in [2.05, 4.69) is 24.3 Å². The Balaban J connectivity index is 1.29. The van der Waals surface area contributed by atoms with E-state index in [9.17, 15) is 4.79 Å². The van der Waals surface area contributed by atoms with E-state index < -0.39 is 0 Å². The second-order valence-corrected chi connectivity index (χ2v) is 9.20. The van der Waals surface area contributed by atoms with Gasteiger partial charge in [-0.15, -0.1) is 0 Å². The zero-order chi connectivity index (χ0) is 19.3. The number of hydrogen-bond acceptors (Lipinski definition) is 2. The maximum absolute atomic E-state index is 12.8. The summed E-state index contributed by atoms with van der Waals surface area (Å²) in [5.41, 5.74) is 6.02. The van der Waals surface area contributed by atoms with Crippen LogP contribution in [0.2, 0.25) is 0 Å². The van der Waals surface area contributed by atoms with E-state index in [0.29, 0.717) is 11.8 Å². The second-order valence-electron chi connectivity index (χ2n) is 9.20. The molecule has 2 nitrogen and oxygen atoms in total. The van der Waals surface area contributed by atoms with Crippen molar-refractivity contribution in [2.45, 2.75) is 58.5 Å². The van der Waals surface area contributed by atoms with Crippen LogP contribution in [0.1, 0.15) is 60.0 Å². The molecule has 2 heteroatoms. The minimum atomic E-state index is -0.143. The highest BCUT2D eigenvalue weighted by molar-refractivity contribution is 5.92. The van der Waals surface area contributed by atoms with Crippen molar-refractivity contribution >= 4 is 5.97 Å². The zero-order valence-corrected chi connectivity index (χ0v) is 17.0. The molecule has 0 heterocycles. The Labute approximate surface area is 168 Å². The van der Waals surface area contributed by atoms with E-state index in [4.69, 9.17) is 4.74 Å². The first-order valence-electron chi connectivity index (χ1n) is 11.0. The van der Waals surface area contributed by atoms with Crippen LogP contribution < -0.4 is 0 Å². The summed E-state index contributed by atoms with van der Waals surface area (Å²) in [6.07, 6.45) is 16.5. The Hall–Kier alpha value is -2.09. The predicted molar refractivity (Wildman–Crippen MR) is 112 cm³/mol. The summed E-state index contributed by atoms with van der Waals surface area (Å²) >= 11 is 0.